The summed E-state index contributed by atoms with van der Waals surface area (Å²) >= 11 is 0. The first-order valence-corrected chi connectivity index (χ1v) is 7.23. The number of nitro benzene ring substituents is 1. The van der Waals surface area contributed by atoms with Gasteiger partial charge in [-0.2, -0.15) is 0 Å². The first kappa shape index (κ1) is 16.2. The lowest BCUT2D eigenvalue weighted by Gasteiger charge is -2.10. The van der Waals surface area contributed by atoms with Crippen molar-refractivity contribution in [3.05, 3.63) is 57.9 Å². The highest BCUT2D eigenvalue weighted by Crippen LogP contribution is 2.40. The van der Waals surface area contributed by atoms with Crippen molar-refractivity contribution in [3.8, 4) is 0 Å². The van der Waals surface area contributed by atoms with Crippen molar-refractivity contribution in [2.45, 2.75) is 12.8 Å². The fourth-order valence-electron chi connectivity index (χ4n) is 2.64. The Kier molecular flexibility index (Phi) is 3.97. The lowest BCUT2D eigenvalue weighted by molar-refractivity contribution is -0.383. The van der Waals surface area contributed by atoms with E-state index in [1.165, 1.54) is 31.5 Å². The first-order valence-electron chi connectivity index (χ1n) is 7.23. The molecule has 1 aliphatic rings. The molecule has 3 rings (SSSR count). The Balaban J connectivity index is 2.04. The number of aromatic nitrogens is 1. The molecule has 0 bridgehead atoms. The van der Waals surface area contributed by atoms with Crippen LogP contribution in [0, 0.1) is 10.1 Å². The molecule has 1 aromatic heterocycles. The van der Waals surface area contributed by atoms with Crippen molar-refractivity contribution < 1.29 is 19.3 Å². The third-order valence-corrected chi connectivity index (χ3v) is 3.77. The first-order chi connectivity index (χ1) is 11.9. The van der Waals surface area contributed by atoms with Crippen LogP contribution in [0.5, 0.6) is 0 Å². The zero-order valence-electron chi connectivity index (χ0n) is 13.0. The SMILES string of the molecule is CC(=O)C1C(=O)Nc2cc([N+](=O)[O-])c(NC(=O)c3cccnc3)cc21. The van der Waals surface area contributed by atoms with E-state index in [0.717, 1.165) is 6.07 Å². The molecule has 0 saturated carbocycles. The number of carbonyl (C=O) groups excluding carboxylic acids is 3. The average Bonchev–Trinajstić information content (AvgIpc) is 2.89. The van der Waals surface area contributed by atoms with Gasteiger partial charge in [-0.05, 0) is 30.7 Å². The highest BCUT2D eigenvalue weighted by molar-refractivity contribution is 6.17. The quantitative estimate of drug-likeness (QED) is 0.496. The Hall–Kier alpha value is -3.62. The van der Waals surface area contributed by atoms with Crippen LogP contribution in [-0.4, -0.2) is 27.5 Å². The van der Waals surface area contributed by atoms with E-state index < -0.39 is 28.4 Å². The van der Waals surface area contributed by atoms with Crippen LogP contribution in [0.1, 0.15) is 28.8 Å². The number of rotatable bonds is 4. The molecule has 1 atom stereocenters. The van der Waals surface area contributed by atoms with Crippen molar-refractivity contribution in [1.82, 2.24) is 4.98 Å². The lowest BCUT2D eigenvalue weighted by Crippen LogP contribution is -2.18. The number of amides is 2. The van der Waals surface area contributed by atoms with Gasteiger partial charge in [-0.1, -0.05) is 0 Å². The maximum atomic E-state index is 12.2. The van der Waals surface area contributed by atoms with Gasteiger partial charge < -0.3 is 10.6 Å². The molecule has 25 heavy (non-hydrogen) atoms. The molecule has 2 amide bonds. The normalized spacial score (nSPS) is 15.2. The summed E-state index contributed by atoms with van der Waals surface area (Å²) in [6.45, 7) is 1.26. The Morgan fingerprint density at radius 2 is 2.12 bits per heavy atom. The molecule has 0 spiro atoms. The Bertz CT molecular complexity index is 910. The molecule has 126 valence electrons. The second-order valence-electron chi connectivity index (χ2n) is 5.44. The van der Waals surface area contributed by atoms with Gasteiger partial charge in [0.25, 0.3) is 11.6 Å². The zero-order valence-corrected chi connectivity index (χ0v) is 13.0. The summed E-state index contributed by atoms with van der Waals surface area (Å²) in [4.78, 5) is 50.3. The molecular formula is C16H12N4O5. The second kappa shape index (κ2) is 6.11. The Morgan fingerprint density at radius 3 is 2.72 bits per heavy atom. The van der Waals surface area contributed by atoms with E-state index in [0.29, 0.717) is 5.56 Å². The molecule has 2 aromatic rings. The van der Waals surface area contributed by atoms with Gasteiger partial charge in [0.15, 0.2) is 0 Å². The number of hydrogen-bond donors (Lipinski definition) is 2. The molecule has 0 aliphatic carbocycles. The fourth-order valence-corrected chi connectivity index (χ4v) is 2.64. The summed E-state index contributed by atoms with van der Waals surface area (Å²) in [5.74, 6) is -2.58. The molecule has 1 unspecified atom stereocenters. The molecule has 0 fully saturated rings. The molecule has 9 heteroatoms. The molecule has 0 saturated heterocycles. The fraction of sp³-hybridized carbons (Fsp3) is 0.125. The van der Waals surface area contributed by atoms with E-state index in [9.17, 15) is 24.5 Å². The third kappa shape index (κ3) is 2.94. The van der Waals surface area contributed by atoms with Crippen LogP contribution in [-0.2, 0) is 9.59 Å². The number of fused-ring (bicyclic) bond motifs is 1. The predicted molar refractivity (Wildman–Crippen MR) is 87.3 cm³/mol. The summed E-state index contributed by atoms with van der Waals surface area (Å²) in [7, 11) is 0. The maximum absolute atomic E-state index is 12.2. The maximum Gasteiger partial charge on any atom is 0.294 e. The molecule has 0 radical (unpaired) electrons. The van der Waals surface area contributed by atoms with E-state index >= 15 is 0 Å². The minimum absolute atomic E-state index is 0.0969. The number of nitrogens with one attached hydrogen (secondary N) is 2. The largest absolute Gasteiger partial charge is 0.325 e. The minimum atomic E-state index is -1.05. The van der Waals surface area contributed by atoms with Crippen molar-refractivity contribution in [1.29, 1.82) is 0 Å². The Morgan fingerprint density at radius 1 is 1.36 bits per heavy atom. The highest BCUT2D eigenvalue weighted by Gasteiger charge is 2.36. The van der Waals surface area contributed by atoms with Crippen LogP contribution in [0.15, 0.2) is 36.7 Å². The Labute approximate surface area is 141 Å². The van der Waals surface area contributed by atoms with E-state index in [-0.39, 0.29) is 22.6 Å². The van der Waals surface area contributed by atoms with E-state index in [1.807, 2.05) is 0 Å². The third-order valence-electron chi connectivity index (χ3n) is 3.77. The number of nitrogens with zero attached hydrogens (tertiary/aromatic N) is 2. The van der Waals surface area contributed by atoms with E-state index in [1.54, 1.807) is 6.07 Å². The van der Waals surface area contributed by atoms with Crippen LogP contribution in [0.25, 0.3) is 0 Å². The number of ketones is 1. The number of carbonyl (C=O) groups is 3. The topological polar surface area (TPSA) is 131 Å². The zero-order chi connectivity index (χ0) is 18.1. The van der Waals surface area contributed by atoms with Gasteiger partial charge in [0.2, 0.25) is 5.91 Å². The molecule has 2 N–H and O–H groups in total. The van der Waals surface area contributed by atoms with E-state index in [2.05, 4.69) is 15.6 Å². The molecule has 1 aliphatic heterocycles. The van der Waals surface area contributed by atoms with Crippen LogP contribution >= 0.6 is 0 Å². The number of hydrogen-bond acceptors (Lipinski definition) is 6. The number of nitro groups is 1. The van der Waals surface area contributed by atoms with Gasteiger partial charge in [-0.15, -0.1) is 0 Å². The summed E-state index contributed by atoms with van der Waals surface area (Å²) in [6.07, 6.45) is 2.81. The summed E-state index contributed by atoms with van der Waals surface area (Å²) in [5.41, 5.74) is 0.219. The predicted octanol–water partition coefficient (Wildman–Crippen LogP) is 1.87. The second-order valence-corrected chi connectivity index (χ2v) is 5.44. The van der Waals surface area contributed by atoms with Crippen LogP contribution < -0.4 is 10.6 Å². The smallest absolute Gasteiger partial charge is 0.294 e. The van der Waals surface area contributed by atoms with Gasteiger partial charge in [0.1, 0.15) is 17.4 Å². The number of anilines is 2. The van der Waals surface area contributed by atoms with Gasteiger partial charge in [0.05, 0.1) is 16.2 Å². The standard InChI is InChI=1S/C16H12N4O5/c1-8(21)14-10-5-12(19-15(22)9-3-2-4-17-7-9)13(20(24)25)6-11(10)18-16(14)23/h2-7,14H,1H3,(H,18,23)(H,19,22). The molecular weight excluding hydrogens is 328 g/mol. The van der Waals surface area contributed by atoms with Crippen LogP contribution in [0.4, 0.5) is 17.1 Å². The van der Waals surface area contributed by atoms with Gasteiger partial charge in [-0.25, -0.2) is 0 Å². The van der Waals surface area contributed by atoms with Gasteiger partial charge in [0, 0.05) is 18.5 Å². The van der Waals surface area contributed by atoms with Crippen molar-refractivity contribution >= 4 is 34.7 Å². The molecule has 2 heterocycles. The van der Waals surface area contributed by atoms with Crippen molar-refractivity contribution in [2.75, 3.05) is 10.6 Å². The van der Waals surface area contributed by atoms with Gasteiger partial charge >= 0.3 is 0 Å². The lowest BCUT2D eigenvalue weighted by atomic mass is 9.96. The minimum Gasteiger partial charge on any atom is -0.325 e. The monoisotopic (exact) mass is 340 g/mol. The molecule has 9 nitrogen and oxygen atoms in total. The van der Waals surface area contributed by atoms with E-state index in [4.69, 9.17) is 0 Å². The number of benzene rings is 1. The van der Waals surface area contributed by atoms with Crippen molar-refractivity contribution in [3.63, 3.8) is 0 Å². The van der Waals surface area contributed by atoms with Gasteiger partial charge in [-0.3, -0.25) is 29.5 Å². The van der Waals surface area contributed by atoms with Crippen LogP contribution in [0.2, 0.25) is 0 Å². The summed E-state index contributed by atoms with van der Waals surface area (Å²) in [6, 6.07) is 5.48. The summed E-state index contributed by atoms with van der Waals surface area (Å²) < 4.78 is 0. The number of Topliss-reactive ketones (excluding diaryl/α,β-unsaturated/α-hetero) is 1. The number of pyridine rings is 1. The van der Waals surface area contributed by atoms with Crippen molar-refractivity contribution in [2.24, 2.45) is 0 Å². The molecule has 1 aromatic carbocycles. The summed E-state index contributed by atoms with van der Waals surface area (Å²) in [5, 5.41) is 16.2. The average molecular weight is 340 g/mol. The van der Waals surface area contributed by atoms with Crippen LogP contribution in [0.3, 0.4) is 0 Å². The highest BCUT2D eigenvalue weighted by atomic mass is 16.6.